The van der Waals surface area contributed by atoms with Crippen molar-refractivity contribution in [2.75, 3.05) is 13.7 Å². The predicted molar refractivity (Wildman–Crippen MR) is 134 cm³/mol. The molecule has 0 aliphatic carbocycles. The van der Waals surface area contributed by atoms with Gasteiger partial charge in [-0.15, -0.1) is 0 Å². The lowest BCUT2D eigenvalue weighted by atomic mass is 9.94. The van der Waals surface area contributed by atoms with Crippen molar-refractivity contribution >= 4 is 23.4 Å². The van der Waals surface area contributed by atoms with E-state index in [-0.39, 0.29) is 17.9 Å². The normalized spacial score (nSPS) is 16.7. The van der Waals surface area contributed by atoms with Crippen molar-refractivity contribution in [3.8, 4) is 5.75 Å². The molecular formula is C29H27NO6. The standard InChI is InChI=1S/C29H27NO6/c1-3-17-36-23-15-13-21(14-16-23)26(31)24-25(20-9-11-22(12-10-20)29(34)35-2)30(28(33)27(24)32)18-19-7-5-4-6-8-19/h4-16,25,31H,3,17-18H2,1-2H3. The number of Topliss-reactive ketones (excluding diaryl/α,β-unsaturated/α-hetero) is 1. The van der Waals surface area contributed by atoms with Gasteiger partial charge in [0.05, 0.1) is 30.9 Å². The molecule has 0 saturated carbocycles. The van der Waals surface area contributed by atoms with Crippen molar-refractivity contribution < 1.29 is 29.0 Å². The van der Waals surface area contributed by atoms with Gasteiger partial charge in [0.25, 0.3) is 11.7 Å². The van der Waals surface area contributed by atoms with Crippen LogP contribution in [-0.2, 0) is 20.9 Å². The third-order valence-corrected chi connectivity index (χ3v) is 5.98. The van der Waals surface area contributed by atoms with Gasteiger partial charge in [-0.3, -0.25) is 9.59 Å². The van der Waals surface area contributed by atoms with E-state index in [2.05, 4.69) is 0 Å². The second-order valence-corrected chi connectivity index (χ2v) is 8.40. The molecule has 1 fully saturated rings. The van der Waals surface area contributed by atoms with E-state index in [1.807, 2.05) is 37.3 Å². The maximum Gasteiger partial charge on any atom is 0.337 e. The molecular weight excluding hydrogens is 458 g/mol. The summed E-state index contributed by atoms with van der Waals surface area (Å²) in [4.78, 5) is 39.7. The van der Waals surface area contributed by atoms with Crippen molar-refractivity contribution in [1.82, 2.24) is 4.90 Å². The Bertz CT molecular complexity index is 1280. The zero-order valence-electron chi connectivity index (χ0n) is 20.1. The molecule has 1 N–H and O–H groups in total. The number of likely N-dealkylation sites (tertiary alicyclic amines) is 1. The monoisotopic (exact) mass is 485 g/mol. The summed E-state index contributed by atoms with van der Waals surface area (Å²) in [5.74, 6) is -1.59. The number of ether oxygens (including phenoxy) is 2. The predicted octanol–water partition coefficient (Wildman–Crippen LogP) is 4.88. The molecule has 1 unspecified atom stereocenters. The van der Waals surface area contributed by atoms with Crippen molar-refractivity contribution in [1.29, 1.82) is 0 Å². The first kappa shape index (κ1) is 24.7. The molecule has 1 saturated heterocycles. The topological polar surface area (TPSA) is 93.1 Å². The molecule has 36 heavy (non-hydrogen) atoms. The SMILES string of the molecule is CCCOc1ccc(C(O)=C2C(=O)C(=O)N(Cc3ccccc3)C2c2ccc(C(=O)OC)cc2)cc1. The van der Waals surface area contributed by atoms with Gasteiger partial charge in [0.2, 0.25) is 0 Å². The zero-order chi connectivity index (χ0) is 25.7. The first-order valence-corrected chi connectivity index (χ1v) is 11.7. The molecule has 1 heterocycles. The molecule has 0 aromatic heterocycles. The Balaban J connectivity index is 1.78. The average molecular weight is 486 g/mol. The Morgan fingerprint density at radius 1 is 0.917 bits per heavy atom. The van der Waals surface area contributed by atoms with Gasteiger partial charge in [-0.1, -0.05) is 49.4 Å². The number of carbonyl (C=O) groups excluding carboxylic acids is 3. The van der Waals surface area contributed by atoms with E-state index >= 15 is 0 Å². The Morgan fingerprint density at radius 3 is 2.17 bits per heavy atom. The summed E-state index contributed by atoms with van der Waals surface area (Å²) in [6.45, 7) is 2.75. The third-order valence-electron chi connectivity index (χ3n) is 5.98. The van der Waals surface area contributed by atoms with Crippen LogP contribution in [0, 0.1) is 0 Å². The van der Waals surface area contributed by atoms with Crippen LogP contribution in [0.3, 0.4) is 0 Å². The lowest BCUT2D eigenvalue weighted by Crippen LogP contribution is -2.29. The highest BCUT2D eigenvalue weighted by molar-refractivity contribution is 6.46. The lowest BCUT2D eigenvalue weighted by Gasteiger charge is -2.25. The van der Waals surface area contributed by atoms with Gasteiger partial charge >= 0.3 is 5.97 Å². The Kier molecular flexibility index (Phi) is 7.49. The molecule has 1 aliphatic heterocycles. The summed E-state index contributed by atoms with van der Waals surface area (Å²) >= 11 is 0. The van der Waals surface area contributed by atoms with Crippen LogP contribution in [-0.4, -0.2) is 41.4 Å². The second kappa shape index (κ2) is 10.9. The summed E-state index contributed by atoms with van der Waals surface area (Å²) in [7, 11) is 1.30. The van der Waals surface area contributed by atoms with Crippen LogP contribution in [0.5, 0.6) is 5.75 Å². The van der Waals surface area contributed by atoms with E-state index in [9.17, 15) is 19.5 Å². The van der Waals surface area contributed by atoms with Crippen LogP contribution in [0.2, 0.25) is 0 Å². The molecule has 184 valence electrons. The molecule has 3 aromatic carbocycles. The fourth-order valence-electron chi connectivity index (χ4n) is 4.17. The molecule has 1 atom stereocenters. The number of amides is 1. The minimum atomic E-state index is -0.840. The Morgan fingerprint density at radius 2 is 1.56 bits per heavy atom. The number of hydrogen-bond donors (Lipinski definition) is 1. The van der Waals surface area contributed by atoms with Gasteiger partial charge in [-0.2, -0.15) is 0 Å². The van der Waals surface area contributed by atoms with Gasteiger partial charge in [0.15, 0.2) is 0 Å². The number of methoxy groups -OCH3 is 1. The van der Waals surface area contributed by atoms with Crippen LogP contribution in [0.1, 0.15) is 46.4 Å². The number of ketones is 1. The third kappa shape index (κ3) is 5.00. The summed E-state index contributed by atoms with van der Waals surface area (Å²) in [5, 5.41) is 11.2. The number of benzene rings is 3. The first-order valence-electron chi connectivity index (χ1n) is 11.7. The lowest BCUT2D eigenvalue weighted by molar-refractivity contribution is -0.140. The molecule has 7 nitrogen and oxygen atoms in total. The minimum Gasteiger partial charge on any atom is -0.507 e. The largest absolute Gasteiger partial charge is 0.507 e. The molecule has 4 rings (SSSR count). The average Bonchev–Trinajstić information content (AvgIpc) is 3.17. The summed E-state index contributed by atoms with van der Waals surface area (Å²) in [6.07, 6.45) is 0.862. The fourth-order valence-corrected chi connectivity index (χ4v) is 4.17. The quantitative estimate of drug-likeness (QED) is 0.212. The number of rotatable bonds is 8. The molecule has 1 aliphatic rings. The number of nitrogens with zero attached hydrogens (tertiary/aromatic N) is 1. The van der Waals surface area contributed by atoms with Gasteiger partial charge in [0.1, 0.15) is 11.5 Å². The molecule has 7 heteroatoms. The van der Waals surface area contributed by atoms with Crippen molar-refractivity contribution in [3.63, 3.8) is 0 Å². The van der Waals surface area contributed by atoms with Gasteiger partial charge in [0, 0.05) is 12.1 Å². The van der Waals surface area contributed by atoms with E-state index in [0.717, 1.165) is 12.0 Å². The van der Waals surface area contributed by atoms with Crippen LogP contribution >= 0.6 is 0 Å². The first-order chi connectivity index (χ1) is 17.4. The van der Waals surface area contributed by atoms with Crippen LogP contribution in [0.25, 0.3) is 5.76 Å². The van der Waals surface area contributed by atoms with Crippen LogP contribution in [0.4, 0.5) is 0 Å². The van der Waals surface area contributed by atoms with Crippen molar-refractivity contribution in [2.45, 2.75) is 25.9 Å². The van der Waals surface area contributed by atoms with Gasteiger partial charge in [-0.05, 0) is 53.9 Å². The molecule has 0 spiro atoms. The van der Waals surface area contributed by atoms with Gasteiger partial charge < -0.3 is 19.5 Å². The van der Waals surface area contributed by atoms with Crippen LogP contribution in [0.15, 0.2) is 84.4 Å². The maximum atomic E-state index is 13.2. The zero-order valence-corrected chi connectivity index (χ0v) is 20.1. The van der Waals surface area contributed by atoms with E-state index in [1.165, 1.54) is 12.0 Å². The Labute approximate surface area is 209 Å². The van der Waals surface area contributed by atoms with E-state index in [1.54, 1.807) is 48.5 Å². The highest BCUT2D eigenvalue weighted by atomic mass is 16.5. The summed E-state index contributed by atoms with van der Waals surface area (Å²) in [6, 6.07) is 21.7. The molecule has 1 amide bonds. The van der Waals surface area contributed by atoms with Crippen LogP contribution < -0.4 is 4.74 Å². The van der Waals surface area contributed by atoms with Crippen molar-refractivity contribution in [2.24, 2.45) is 0 Å². The second-order valence-electron chi connectivity index (χ2n) is 8.40. The summed E-state index contributed by atoms with van der Waals surface area (Å²) < 4.78 is 10.4. The minimum absolute atomic E-state index is 0.0102. The highest BCUT2D eigenvalue weighted by Gasteiger charge is 2.46. The molecule has 0 radical (unpaired) electrons. The number of hydrogen-bond acceptors (Lipinski definition) is 6. The number of esters is 1. The molecule has 3 aromatic rings. The summed E-state index contributed by atoms with van der Waals surface area (Å²) in [5.41, 5.74) is 2.15. The fraction of sp³-hybridized carbons (Fsp3) is 0.207. The van der Waals surface area contributed by atoms with E-state index < -0.39 is 23.7 Å². The number of aliphatic hydroxyl groups is 1. The smallest absolute Gasteiger partial charge is 0.337 e. The maximum absolute atomic E-state index is 13.2. The number of aliphatic hydroxyl groups excluding tert-OH is 1. The van der Waals surface area contributed by atoms with Gasteiger partial charge in [-0.25, -0.2) is 4.79 Å². The highest BCUT2D eigenvalue weighted by Crippen LogP contribution is 2.40. The Hall–Kier alpha value is -4.39. The number of carbonyl (C=O) groups is 3. The van der Waals surface area contributed by atoms with E-state index in [0.29, 0.717) is 29.0 Å². The van der Waals surface area contributed by atoms with Crippen molar-refractivity contribution in [3.05, 3.63) is 107 Å². The van der Waals surface area contributed by atoms with E-state index in [4.69, 9.17) is 9.47 Å². The molecule has 0 bridgehead atoms.